The molecule has 0 aromatic carbocycles. The second kappa shape index (κ2) is 5.89. The van der Waals surface area contributed by atoms with Gasteiger partial charge in [-0.25, -0.2) is 0 Å². The molecular formula is C11H21N3OS. The molecule has 0 radical (unpaired) electrons. The van der Waals surface area contributed by atoms with Gasteiger partial charge in [-0.05, 0) is 25.9 Å². The maximum Gasteiger partial charge on any atom is 0.238 e. The Morgan fingerprint density at radius 3 is 3.19 bits per heavy atom. The minimum absolute atomic E-state index is 0.0296. The van der Waals surface area contributed by atoms with Crippen molar-refractivity contribution in [3.63, 3.8) is 0 Å². The number of likely N-dealkylation sites (N-methyl/N-ethyl adjacent to an activating group) is 1. The Hall–Kier alpha value is -0.260. The Labute approximate surface area is 102 Å². The highest BCUT2D eigenvalue weighted by Gasteiger charge is 2.26. The molecule has 0 bridgehead atoms. The van der Waals surface area contributed by atoms with Crippen LogP contribution >= 0.6 is 11.8 Å². The van der Waals surface area contributed by atoms with Gasteiger partial charge in [-0.1, -0.05) is 6.92 Å². The number of hydrogen-bond donors (Lipinski definition) is 2. The molecule has 1 amide bonds. The van der Waals surface area contributed by atoms with E-state index >= 15 is 0 Å². The van der Waals surface area contributed by atoms with Gasteiger partial charge in [-0.2, -0.15) is 0 Å². The van der Waals surface area contributed by atoms with Gasteiger partial charge in [0.15, 0.2) is 0 Å². The number of piperidine rings is 1. The fourth-order valence-electron chi connectivity index (χ4n) is 2.33. The standard InChI is InChI=1S/C11H21N3OS/c1-2-14-5-3-4-9(6-14)13-11(15)10-7-16-8-12-10/h9-10,12H,2-8H2,1H3,(H,13,15). The summed E-state index contributed by atoms with van der Waals surface area (Å²) < 4.78 is 0. The van der Waals surface area contributed by atoms with Crippen LogP contribution in [0, 0.1) is 0 Å². The number of thioether (sulfide) groups is 1. The number of nitrogens with zero attached hydrogens (tertiary/aromatic N) is 1. The number of hydrogen-bond acceptors (Lipinski definition) is 4. The molecule has 0 aliphatic carbocycles. The summed E-state index contributed by atoms with van der Waals surface area (Å²) in [6.45, 7) is 5.46. The molecule has 92 valence electrons. The monoisotopic (exact) mass is 243 g/mol. The lowest BCUT2D eigenvalue weighted by Gasteiger charge is -2.32. The average Bonchev–Trinajstić information content (AvgIpc) is 2.83. The molecule has 2 rings (SSSR count). The fourth-order valence-corrected chi connectivity index (χ4v) is 3.27. The van der Waals surface area contributed by atoms with Crippen molar-refractivity contribution in [2.75, 3.05) is 31.3 Å². The molecule has 2 aliphatic heterocycles. The summed E-state index contributed by atoms with van der Waals surface area (Å²) in [5.41, 5.74) is 0. The van der Waals surface area contributed by atoms with E-state index in [-0.39, 0.29) is 11.9 Å². The van der Waals surface area contributed by atoms with Crippen LogP contribution in [-0.4, -0.2) is 54.2 Å². The molecule has 4 nitrogen and oxygen atoms in total. The van der Waals surface area contributed by atoms with Crippen LogP contribution in [0.15, 0.2) is 0 Å². The van der Waals surface area contributed by atoms with Crippen molar-refractivity contribution in [2.45, 2.75) is 31.8 Å². The molecule has 2 unspecified atom stereocenters. The van der Waals surface area contributed by atoms with Gasteiger partial charge in [-0.3, -0.25) is 10.1 Å². The van der Waals surface area contributed by atoms with E-state index in [1.165, 1.54) is 13.0 Å². The molecule has 2 atom stereocenters. The molecule has 0 saturated carbocycles. The molecule has 0 aromatic heterocycles. The van der Waals surface area contributed by atoms with Crippen LogP contribution in [-0.2, 0) is 4.79 Å². The van der Waals surface area contributed by atoms with E-state index in [9.17, 15) is 4.79 Å². The van der Waals surface area contributed by atoms with Crippen molar-refractivity contribution < 1.29 is 4.79 Å². The molecule has 2 fully saturated rings. The zero-order valence-corrected chi connectivity index (χ0v) is 10.7. The first-order chi connectivity index (χ1) is 7.79. The topological polar surface area (TPSA) is 44.4 Å². The zero-order chi connectivity index (χ0) is 11.4. The van der Waals surface area contributed by atoms with Crippen molar-refractivity contribution >= 4 is 17.7 Å². The summed E-state index contributed by atoms with van der Waals surface area (Å²) >= 11 is 1.80. The SMILES string of the molecule is CCN1CCCC(NC(=O)C2CSCN2)C1. The first-order valence-corrected chi connectivity index (χ1v) is 7.29. The molecule has 0 aromatic rings. The number of carbonyl (C=O) groups excluding carboxylic acids is 1. The summed E-state index contributed by atoms with van der Waals surface area (Å²) in [7, 11) is 0. The summed E-state index contributed by atoms with van der Waals surface area (Å²) in [4.78, 5) is 14.3. The molecule has 2 heterocycles. The molecular weight excluding hydrogens is 222 g/mol. The van der Waals surface area contributed by atoms with Gasteiger partial charge in [0.1, 0.15) is 0 Å². The summed E-state index contributed by atoms with van der Waals surface area (Å²) in [6, 6.07) is 0.385. The van der Waals surface area contributed by atoms with E-state index in [0.717, 1.165) is 31.1 Å². The highest BCUT2D eigenvalue weighted by molar-refractivity contribution is 7.99. The first-order valence-electron chi connectivity index (χ1n) is 6.13. The van der Waals surface area contributed by atoms with Crippen LogP contribution in [0.25, 0.3) is 0 Å². The van der Waals surface area contributed by atoms with Gasteiger partial charge in [0.25, 0.3) is 0 Å². The Kier molecular flexibility index (Phi) is 4.49. The van der Waals surface area contributed by atoms with Crippen LogP contribution in [0.2, 0.25) is 0 Å². The van der Waals surface area contributed by atoms with E-state index in [0.29, 0.717) is 6.04 Å². The molecule has 5 heteroatoms. The average molecular weight is 243 g/mol. The van der Waals surface area contributed by atoms with E-state index in [1.54, 1.807) is 11.8 Å². The largest absolute Gasteiger partial charge is 0.351 e. The van der Waals surface area contributed by atoms with Crippen LogP contribution in [0.3, 0.4) is 0 Å². The Bertz CT molecular complexity index is 243. The third-order valence-electron chi connectivity index (χ3n) is 3.33. The van der Waals surface area contributed by atoms with E-state index in [2.05, 4.69) is 22.5 Å². The summed E-state index contributed by atoms with van der Waals surface area (Å²) in [5.74, 6) is 2.01. The second-order valence-corrected chi connectivity index (χ2v) is 5.54. The van der Waals surface area contributed by atoms with Crippen molar-refractivity contribution in [3.8, 4) is 0 Å². The molecule has 0 spiro atoms. The minimum atomic E-state index is 0.0296. The third kappa shape index (κ3) is 3.12. The smallest absolute Gasteiger partial charge is 0.238 e. The second-order valence-electron chi connectivity index (χ2n) is 4.51. The Balaban J connectivity index is 1.77. The highest BCUT2D eigenvalue weighted by atomic mass is 32.2. The predicted octanol–water partition coefficient (Wildman–Crippen LogP) is 0.249. The predicted molar refractivity (Wildman–Crippen MR) is 67.5 cm³/mol. The number of nitrogens with one attached hydrogen (secondary N) is 2. The van der Waals surface area contributed by atoms with Crippen molar-refractivity contribution in [1.82, 2.24) is 15.5 Å². The van der Waals surface area contributed by atoms with E-state index in [4.69, 9.17) is 0 Å². The minimum Gasteiger partial charge on any atom is -0.351 e. The molecule has 2 saturated heterocycles. The number of carbonyl (C=O) groups is 1. The summed E-state index contributed by atoms with van der Waals surface area (Å²) in [5, 5.41) is 6.38. The van der Waals surface area contributed by atoms with Crippen LogP contribution in [0.1, 0.15) is 19.8 Å². The Morgan fingerprint density at radius 2 is 2.50 bits per heavy atom. The number of rotatable bonds is 3. The van der Waals surface area contributed by atoms with Gasteiger partial charge < -0.3 is 10.2 Å². The maximum absolute atomic E-state index is 11.9. The first kappa shape index (κ1) is 12.2. The van der Waals surface area contributed by atoms with Crippen molar-refractivity contribution in [1.29, 1.82) is 0 Å². The Morgan fingerprint density at radius 1 is 1.62 bits per heavy atom. The zero-order valence-electron chi connectivity index (χ0n) is 9.87. The number of likely N-dealkylation sites (tertiary alicyclic amines) is 1. The quantitative estimate of drug-likeness (QED) is 0.746. The lowest BCUT2D eigenvalue weighted by atomic mass is 10.1. The van der Waals surface area contributed by atoms with Crippen LogP contribution in [0.5, 0.6) is 0 Å². The van der Waals surface area contributed by atoms with Crippen LogP contribution in [0.4, 0.5) is 0 Å². The van der Waals surface area contributed by atoms with Crippen molar-refractivity contribution in [2.24, 2.45) is 0 Å². The van der Waals surface area contributed by atoms with Gasteiger partial charge in [-0.15, -0.1) is 11.8 Å². The normalized spacial score (nSPS) is 31.6. The lowest BCUT2D eigenvalue weighted by molar-refractivity contribution is -0.123. The van der Waals surface area contributed by atoms with E-state index < -0.39 is 0 Å². The van der Waals surface area contributed by atoms with Gasteiger partial charge in [0.05, 0.1) is 6.04 Å². The van der Waals surface area contributed by atoms with Gasteiger partial charge in [0, 0.05) is 24.2 Å². The maximum atomic E-state index is 11.9. The van der Waals surface area contributed by atoms with E-state index in [1.807, 2.05) is 0 Å². The highest BCUT2D eigenvalue weighted by Crippen LogP contribution is 2.12. The molecule has 2 N–H and O–H groups in total. The van der Waals surface area contributed by atoms with Crippen LogP contribution < -0.4 is 10.6 Å². The third-order valence-corrected chi connectivity index (χ3v) is 4.27. The van der Waals surface area contributed by atoms with Gasteiger partial charge >= 0.3 is 0 Å². The van der Waals surface area contributed by atoms with Crippen molar-refractivity contribution in [3.05, 3.63) is 0 Å². The fraction of sp³-hybridized carbons (Fsp3) is 0.909. The lowest BCUT2D eigenvalue weighted by Crippen LogP contribution is -2.52. The molecule has 16 heavy (non-hydrogen) atoms. The van der Waals surface area contributed by atoms with Gasteiger partial charge in [0.2, 0.25) is 5.91 Å². The summed E-state index contributed by atoms with van der Waals surface area (Å²) in [6.07, 6.45) is 2.33. The number of amides is 1. The molecule has 2 aliphatic rings.